The van der Waals surface area contributed by atoms with Crippen LogP contribution < -0.4 is 0 Å². The van der Waals surface area contributed by atoms with Gasteiger partial charge in [0.05, 0.1) is 11.0 Å². The fourth-order valence-corrected chi connectivity index (χ4v) is 1.36. The maximum atomic E-state index is 4.32. The highest BCUT2D eigenvalue weighted by Crippen LogP contribution is 2.13. The molecule has 0 saturated carbocycles. The molecule has 0 aliphatic carbocycles. The third-order valence-electron chi connectivity index (χ3n) is 2.04. The van der Waals surface area contributed by atoms with Gasteiger partial charge in [0.25, 0.3) is 0 Å². The number of hydrogen-bond donors (Lipinski definition) is 1. The number of aromatic nitrogens is 2. The van der Waals surface area contributed by atoms with Crippen LogP contribution in [0, 0.1) is 6.92 Å². The van der Waals surface area contributed by atoms with Crippen LogP contribution in [0.1, 0.15) is 33.5 Å². The summed E-state index contributed by atoms with van der Waals surface area (Å²) in [4.78, 5) is 7.64. The van der Waals surface area contributed by atoms with E-state index >= 15 is 0 Å². The van der Waals surface area contributed by atoms with Gasteiger partial charge in [-0.3, -0.25) is 4.98 Å². The van der Waals surface area contributed by atoms with Crippen molar-refractivity contribution in [1.82, 2.24) is 9.97 Å². The Labute approximate surface area is 86.9 Å². The summed E-state index contributed by atoms with van der Waals surface area (Å²) in [6.45, 7) is 8.19. The molecular formula is C12H20N2. The molecule has 0 radical (unpaired) electrons. The molecule has 2 nitrogen and oxygen atoms in total. The molecule has 2 heterocycles. The van der Waals surface area contributed by atoms with Crippen molar-refractivity contribution in [2.45, 2.75) is 34.1 Å². The molecule has 0 aliphatic rings. The Bertz CT molecular complexity index is 407. The third kappa shape index (κ3) is 2.13. The summed E-state index contributed by atoms with van der Waals surface area (Å²) in [6.07, 6.45) is 2.94. The monoisotopic (exact) mass is 192 g/mol. The Morgan fingerprint density at radius 1 is 1.36 bits per heavy atom. The van der Waals surface area contributed by atoms with Crippen molar-refractivity contribution in [1.29, 1.82) is 0 Å². The van der Waals surface area contributed by atoms with E-state index in [9.17, 15) is 0 Å². The minimum atomic E-state index is 0. The van der Waals surface area contributed by atoms with Crippen molar-refractivity contribution >= 4 is 11.0 Å². The zero-order chi connectivity index (χ0) is 10.6. The van der Waals surface area contributed by atoms with Crippen LogP contribution >= 0.6 is 0 Å². The summed E-state index contributed by atoms with van der Waals surface area (Å²) in [5, 5.41) is 0. The van der Waals surface area contributed by atoms with E-state index in [1.807, 2.05) is 20.0 Å². The molecule has 0 bridgehead atoms. The second-order valence-electron chi connectivity index (χ2n) is 3.09. The summed E-state index contributed by atoms with van der Waals surface area (Å²) in [5.74, 6) is 0. The lowest BCUT2D eigenvalue weighted by molar-refractivity contribution is 1.07. The first-order valence-electron chi connectivity index (χ1n) is 5.24. The first-order valence-corrected chi connectivity index (χ1v) is 5.24. The topological polar surface area (TPSA) is 28.7 Å². The molecule has 2 aromatic heterocycles. The van der Waals surface area contributed by atoms with E-state index in [0.717, 1.165) is 17.5 Å². The number of pyridine rings is 1. The lowest BCUT2D eigenvalue weighted by Gasteiger charge is -1.90. The van der Waals surface area contributed by atoms with Crippen molar-refractivity contribution < 1.29 is 1.43 Å². The van der Waals surface area contributed by atoms with Gasteiger partial charge >= 0.3 is 0 Å². The number of aryl methyl sites for hydroxylation is 2. The van der Waals surface area contributed by atoms with E-state index in [0.29, 0.717) is 0 Å². The molecule has 0 aromatic carbocycles. The van der Waals surface area contributed by atoms with Crippen LogP contribution in [0.5, 0.6) is 0 Å². The second kappa shape index (κ2) is 4.80. The van der Waals surface area contributed by atoms with Gasteiger partial charge in [0.2, 0.25) is 0 Å². The molecule has 0 saturated heterocycles. The van der Waals surface area contributed by atoms with E-state index in [1.54, 1.807) is 0 Å². The van der Waals surface area contributed by atoms with Crippen molar-refractivity contribution in [2.75, 3.05) is 0 Å². The number of rotatable bonds is 1. The Morgan fingerprint density at radius 2 is 2.07 bits per heavy atom. The molecule has 0 atom stereocenters. The van der Waals surface area contributed by atoms with Gasteiger partial charge in [0, 0.05) is 13.3 Å². The Balaban J connectivity index is 0.000000617. The molecule has 2 heteroatoms. The zero-order valence-electron chi connectivity index (χ0n) is 9.39. The van der Waals surface area contributed by atoms with Gasteiger partial charge in [-0.25, -0.2) is 0 Å². The van der Waals surface area contributed by atoms with E-state index in [1.165, 1.54) is 11.3 Å². The minimum absolute atomic E-state index is 0. The smallest absolute Gasteiger partial charge is 0.0881 e. The molecule has 0 unspecified atom stereocenters. The number of hydrogen-bond acceptors (Lipinski definition) is 1. The quantitative estimate of drug-likeness (QED) is 0.733. The van der Waals surface area contributed by atoms with Crippen LogP contribution in [0.15, 0.2) is 18.3 Å². The van der Waals surface area contributed by atoms with Crippen LogP contribution in [0.2, 0.25) is 0 Å². The minimum Gasteiger partial charge on any atom is -0.357 e. The lowest BCUT2D eigenvalue weighted by atomic mass is 10.3. The second-order valence-corrected chi connectivity index (χ2v) is 3.09. The van der Waals surface area contributed by atoms with Crippen LogP contribution in [0.3, 0.4) is 0 Å². The fraction of sp³-hybridized carbons (Fsp3) is 0.417. The molecule has 2 aromatic rings. The molecular weight excluding hydrogens is 172 g/mol. The fourth-order valence-electron chi connectivity index (χ4n) is 1.36. The van der Waals surface area contributed by atoms with Gasteiger partial charge < -0.3 is 4.98 Å². The third-order valence-corrected chi connectivity index (χ3v) is 2.04. The maximum Gasteiger partial charge on any atom is 0.0881 e. The molecule has 0 fully saturated rings. The molecule has 0 amide bonds. The molecule has 1 N–H and O–H groups in total. The maximum absolute atomic E-state index is 4.32. The molecule has 0 spiro atoms. The highest BCUT2D eigenvalue weighted by molar-refractivity contribution is 5.76. The summed E-state index contributed by atoms with van der Waals surface area (Å²) in [5.41, 5.74) is 4.67. The first-order chi connectivity index (χ1) is 6.79. The summed E-state index contributed by atoms with van der Waals surface area (Å²) in [6, 6.07) is 4.23. The Hall–Kier alpha value is -1.31. The SMILES string of the molecule is CC.CCc1cc2ncc(C)cc2[nH]1.[HH]. The van der Waals surface area contributed by atoms with Crippen LogP contribution in [0.4, 0.5) is 0 Å². The Morgan fingerprint density at radius 3 is 2.71 bits per heavy atom. The molecule has 78 valence electrons. The number of aromatic amines is 1. The predicted molar refractivity (Wildman–Crippen MR) is 63.7 cm³/mol. The lowest BCUT2D eigenvalue weighted by Crippen LogP contribution is -1.77. The van der Waals surface area contributed by atoms with Gasteiger partial charge in [-0.2, -0.15) is 0 Å². The van der Waals surface area contributed by atoms with Crippen molar-refractivity contribution in [2.24, 2.45) is 0 Å². The van der Waals surface area contributed by atoms with Crippen LogP contribution in [-0.2, 0) is 6.42 Å². The Kier molecular flexibility index (Phi) is 3.69. The first kappa shape index (κ1) is 10.8. The number of H-pyrrole nitrogens is 1. The largest absolute Gasteiger partial charge is 0.357 e. The standard InChI is InChI=1S/C10H12N2.C2H6.H2/c1-3-8-5-9-10(12-8)4-7(2)6-11-9;1-2;/h4-6,12H,3H2,1-2H3;1-2H3;1H. The molecule has 14 heavy (non-hydrogen) atoms. The predicted octanol–water partition coefficient (Wildman–Crippen LogP) is 3.71. The zero-order valence-corrected chi connectivity index (χ0v) is 9.39. The van der Waals surface area contributed by atoms with E-state index in [-0.39, 0.29) is 1.43 Å². The number of nitrogens with zero attached hydrogens (tertiary/aromatic N) is 1. The van der Waals surface area contributed by atoms with Gasteiger partial charge in [0.1, 0.15) is 0 Å². The van der Waals surface area contributed by atoms with E-state index < -0.39 is 0 Å². The van der Waals surface area contributed by atoms with Crippen LogP contribution in [0.25, 0.3) is 11.0 Å². The summed E-state index contributed by atoms with van der Waals surface area (Å²) < 4.78 is 0. The average molecular weight is 192 g/mol. The van der Waals surface area contributed by atoms with Gasteiger partial charge in [-0.1, -0.05) is 20.8 Å². The van der Waals surface area contributed by atoms with Crippen molar-refractivity contribution in [3.63, 3.8) is 0 Å². The summed E-state index contributed by atoms with van der Waals surface area (Å²) >= 11 is 0. The highest BCUT2D eigenvalue weighted by Gasteiger charge is 1.99. The normalized spacial score (nSPS) is 9.71. The number of fused-ring (bicyclic) bond motifs is 1. The molecule has 2 rings (SSSR count). The highest BCUT2D eigenvalue weighted by atomic mass is 14.8. The number of nitrogens with one attached hydrogen (secondary N) is 1. The summed E-state index contributed by atoms with van der Waals surface area (Å²) in [7, 11) is 0. The van der Waals surface area contributed by atoms with Crippen molar-refractivity contribution in [3.05, 3.63) is 29.6 Å². The molecule has 0 aliphatic heterocycles. The van der Waals surface area contributed by atoms with E-state index in [4.69, 9.17) is 0 Å². The van der Waals surface area contributed by atoms with E-state index in [2.05, 4.69) is 35.9 Å². The van der Waals surface area contributed by atoms with Crippen molar-refractivity contribution in [3.8, 4) is 0 Å². The van der Waals surface area contributed by atoms with Gasteiger partial charge in [-0.05, 0) is 31.0 Å². The van der Waals surface area contributed by atoms with Gasteiger partial charge in [0.15, 0.2) is 0 Å². The van der Waals surface area contributed by atoms with Gasteiger partial charge in [-0.15, -0.1) is 0 Å². The average Bonchev–Trinajstić information content (AvgIpc) is 2.62. The van der Waals surface area contributed by atoms with Crippen LogP contribution in [-0.4, -0.2) is 9.97 Å².